The predicted molar refractivity (Wildman–Crippen MR) is 112 cm³/mol. The van der Waals surface area contributed by atoms with Crippen molar-refractivity contribution in [3.8, 4) is 23.0 Å². The monoisotopic (exact) mass is 415 g/mol. The van der Waals surface area contributed by atoms with Gasteiger partial charge in [0.05, 0.1) is 26.9 Å². The third-order valence-electron chi connectivity index (χ3n) is 4.03. The van der Waals surface area contributed by atoms with Gasteiger partial charge < -0.3 is 29.0 Å². The molecule has 0 aliphatic rings. The number of ether oxygens (including phenoxy) is 5. The third kappa shape index (κ3) is 5.91. The molecule has 30 heavy (non-hydrogen) atoms. The predicted octanol–water partition coefficient (Wildman–Crippen LogP) is 3.46. The van der Waals surface area contributed by atoms with Crippen molar-refractivity contribution >= 4 is 17.6 Å². The minimum atomic E-state index is -1.04. The number of nitrogens with one attached hydrogen (secondary N) is 1. The Morgan fingerprint density at radius 1 is 1.00 bits per heavy atom. The Morgan fingerprint density at radius 3 is 2.23 bits per heavy atom. The lowest BCUT2D eigenvalue weighted by molar-refractivity contribution is -0.123. The molecule has 1 N–H and O–H groups in total. The molecule has 160 valence electrons. The van der Waals surface area contributed by atoms with E-state index in [0.717, 1.165) is 0 Å². The number of rotatable bonds is 10. The standard InChI is InChI=1S/C22H25NO7/c1-6-9-29-19-8-7-15(10-20(19)28-5)22(25)30-14(2)21(24)23-16-11-17(26-3)13-18(12-16)27-4/h6-8,10-14H,1,9H2,2-5H3,(H,23,24). The maximum absolute atomic E-state index is 12.5. The van der Waals surface area contributed by atoms with Crippen molar-refractivity contribution in [2.75, 3.05) is 33.3 Å². The van der Waals surface area contributed by atoms with Crippen LogP contribution in [0.25, 0.3) is 0 Å². The van der Waals surface area contributed by atoms with Crippen LogP contribution in [0.1, 0.15) is 17.3 Å². The van der Waals surface area contributed by atoms with Crippen molar-refractivity contribution in [2.24, 2.45) is 0 Å². The fraction of sp³-hybridized carbons (Fsp3) is 0.273. The van der Waals surface area contributed by atoms with Gasteiger partial charge in [0.25, 0.3) is 5.91 Å². The van der Waals surface area contributed by atoms with Crippen LogP contribution in [0.5, 0.6) is 23.0 Å². The molecule has 0 radical (unpaired) electrons. The SMILES string of the molecule is C=CCOc1ccc(C(=O)OC(C)C(=O)Nc2cc(OC)cc(OC)c2)cc1OC. The summed E-state index contributed by atoms with van der Waals surface area (Å²) in [6.07, 6.45) is 0.553. The largest absolute Gasteiger partial charge is 0.497 e. The van der Waals surface area contributed by atoms with Gasteiger partial charge in [-0.05, 0) is 25.1 Å². The molecule has 2 aromatic carbocycles. The van der Waals surface area contributed by atoms with Crippen LogP contribution in [0.4, 0.5) is 5.69 Å². The average molecular weight is 415 g/mol. The van der Waals surface area contributed by atoms with Crippen LogP contribution in [0.3, 0.4) is 0 Å². The molecule has 0 heterocycles. The molecule has 0 aromatic heterocycles. The summed E-state index contributed by atoms with van der Waals surface area (Å²) in [7, 11) is 4.48. The van der Waals surface area contributed by atoms with Gasteiger partial charge in [-0.15, -0.1) is 0 Å². The number of carbonyl (C=O) groups is 2. The van der Waals surface area contributed by atoms with E-state index in [4.69, 9.17) is 23.7 Å². The first-order valence-corrected chi connectivity index (χ1v) is 9.08. The second-order valence-electron chi connectivity index (χ2n) is 6.10. The van der Waals surface area contributed by atoms with E-state index in [-0.39, 0.29) is 5.56 Å². The first-order chi connectivity index (χ1) is 14.4. The molecule has 2 rings (SSSR count). The van der Waals surface area contributed by atoms with Crippen molar-refractivity contribution in [1.82, 2.24) is 0 Å². The zero-order valence-corrected chi connectivity index (χ0v) is 17.4. The van der Waals surface area contributed by atoms with Crippen LogP contribution < -0.4 is 24.3 Å². The van der Waals surface area contributed by atoms with Crippen LogP contribution in [0.2, 0.25) is 0 Å². The topological polar surface area (TPSA) is 92.3 Å². The first kappa shape index (κ1) is 22.6. The van der Waals surface area contributed by atoms with Crippen LogP contribution in [-0.4, -0.2) is 45.9 Å². The number of esters is 1. The van der Waals surface area contributed by atoms with Crippen LogP contribution >= 0.6 is 0 Å². The van der Waals surface area contributed by atoms with E-state index in [0.29, 0.717) is 35.3 Å². The minimum Gasteiger partial charge on any atom is -0.497 e. The summed E-state index contributed by atoms with van der Waals surface area (Å²) in [5.41, 5.74) is 0.671. The van der Waals surface area contributed by atoms with Gasteiger partial charge in [0.1, 0.15) is 18.1 Å². The Balaban J connectivity index is 2.06. The molecule has 0 aliphatic heterocycles. The highest BCUT2D eigenvalue weighted by atomic mass is 16.5. The molecule has 8 nitrogen and oxygen atoms in total. The van der Waals surface area contributed by atoms with Gasteiger partial charge in [0.2, 0.25) is 0 Å². The Kier molecular flexibility index (Phi) is 8.10. The summed E-state index contributed by atoms with van der Waals surface area (Å²) < 4.78 is 26.3. The fourth-order valence-electron chi connectivity index (χ4n) is 2.47. The Bertz CT molecular complexity index is 888. The fourth-order valence-corrected chi connectivity index (χ4v) is 2.47. The molecule has 0 aliphatic carbocycles. The smallest absolute Gasteiger partial charge is 0.339 e. The summed E-state index contributed by atoms with van der Waals surface area (Å²) in [5.74, 6) is 0.685. The zero-order valence-electron chi connectivity index (χ0n) is 17.4. The van der Waals surface area contributed by atoms with Crippen LogP contribution in [-0.2, 0) is 9.53 Å². The zero-order chi connectivity index (χ0) is 22.1. The summed E-state index contributed by atoms with van der Waals surface area (Å²) >= 11 is 0. The molecular formula is C22H25NO7. The van der Waals surface area contributed by atoms with Gasteiger partial charge in [-0.2, -0.15) is 0 Å². The summed E-state index contributed by atoms with van der Waals surface area (Å²) in [6, 6.07) is 9.53. The number of hydrogen-bond acceptors (Lipinski definition) is 7. The molecule has 0 saturated carbocycles. The molecular weight excluding hydrogens is 390 g/mol. The molecule has 0 bridgehead atoms. The first-order valence-electron chi connectivity index (χ1n) is 9.08. The number of hydrogen-bond donors (Lipinski definition) is 1. The van der Waals surface area contributed by atoms with Gasteiger partial charge in [0, 0.05) is 23.9 Å². The van der Waals surface area contributed by atoms with Gasteiger partial charge in [-0.1, -0.05) is 12.7 Å². The third-order valence-corrected chi connectivity index (χ3v) is 4.03. The average Bonchev–Trinajstić information content (AvgIpc) is 2.76. The maximum atomic E-state index is 12.5. The van der Waals surface area contributed by atoms with Crippen molar-refractivity contribution in [3.63, 3.8) is 0 Å². The number of benzene rings is 2. The van der Waals surface area contributed by atoms with E-state index in [1.54, 1.807) is 30.3 Å². The van der Waals surface area contributed by atoms with E-state index in [1.807, 2.05) is 0 Å². The Labute approximate surface area is 175 Å². The number of carbonyl (C=O) groups excluding carboxylic acids is 2. The minimum absolute atomic E-state index is 0.223. The summed E-state index contributed by atoms with van der Waals surface area (Å²) in [6.45, 7) is 5.36. The van der Waals surface area contributed by atoms with Crippen molar-refractivity contribution in [2.45, 2.75) is 13.0 Å². The van der Waals surface area contributed by atoms with Gasteiger partial charge >= 0.3 is 5.97 Å². The summed E-state index contributed by atoms with van der Waals surface area (Å²) in [5, 5.41) is 2.67. The molecule has 1 unspecified atom stereocenters. The van der Waals surface area contributed by atoms with E-state index in [9.17, 15) is 9.59 Å². The lowest BCUT2D eigenvalue weighted by atomic mass is 10.2. The van der Waals surface area contributed by atoms with Crippen molar-refractivity contribution < 1.29 is 33.3 Å². The number of anilines is 1. The van der Waals surface area contributed by atoms with Gasteiger partial charge in [-0.25, -0.2) is 4.79 Å². The van der Waals surface area contributed by atoms with Crippen molar-refractivity contribution in [3.05, 3.63) is 54.6 Å². The van der Waals surface area contributed by atoms with Gasteiger partial charge in [0.15, 0.2) is 17.6 Å². The molecule has 0 saturated heterocycles. The van der Waals surface area contributed by atoms with Crippen LogP contribution in [0, 0.1) is 0 Å². The lowest BCUT2D eigenvalue weighted by Crippen LogP contribution is -2.30. The number of methoxy groups -OCH3 is 3. The highest BCUT2D eigenvalue weighted by Crippen LogP contribution is 2.29. The quantitative estimate of drug-likeness (QED) is 0.469. The van der Waals surface area contributed by atoms with E-state index >= 15 is 0 Å². The highest BCUT2D eigenvalue weighted by Gasteiger charge is 2.21. The normalized spacial score (nSPS) is 11.1. The molecule has 8 heteroatoms. The molecule has 2 aromatic rings. The molecule has 1 atom stereocenters. The second-order valence-corrected chi connectivity index (χ2v) is 6.10. The van der Waals surface area contributed by atoms with E-state index < -0.39 is 18.0 Å². The Hall–Kier alpha value is -3.68. The Morgan fingerprint density at radius 2 is 1.67 bits per heavy atom. The highest BCUT2D eigenvalue weighted by molar-refractivity contribution is 5.97. The molecule has 1 amide bonds. The van der Waals surface area contributed by atoms with Crippen molar-refractivity contribution in [1.29, 1.82) is 0 Å². The summed E-state index contributed by atoms with van der Waals surface area (Å²) in [4.78, 5) is 24.9. The molecule has 0 spiro atoms. The number of amides is 1. The van der Waals surface area contributed by atoms with Crippen LogP contribution in [0.15, 0.2) is 49.1 Å². The van der Waals surface area contributed by atoms with E-state index in [1.165, 1.54) is 40.4 Å². The maximum Gasteiger partial charge on any atom is 0.339 e. The van der Waals surface area contributed by atoms with Gasteiger partial charge in [-0.3, -0.25) is 4.79 Å². The lowest BCUT2D eigenvalue weighted by Gasteiger charge is -2.15. The van der Waals surface area contributed by atoms with E-state index in [2.05, 4.69) is 11.9 Å². The second kappa shape index (κ2) is 10.8. The molecule has 0 fully saturated rings.